The summed E-state index contributed by atoms with van der Waals surface area (Å²) in [6.45, 7) is 0. The zero-order chi connectivity index (χ0) is 13.2. The maximum absolute atomic E-state index is 5.89. The fraction of sp³-hybridized carbons (Fsp3) is 0.0769. The topological polar surface area (TPSA) is 47.0 Å². The Balaban J connectivity index is 2.09. The molecule has 3 aromatic rings. The Kier molecular flexibility index (Phi) is 3.35. The number of aromatic nitrogens is 2. The first-order valence-corrected chi connectivity index (χ1v) is 7.30. The first-order valence-electron chi connectivity index (χ1n) is 5.63. The van der Waals surface area contributed by atoms with Crippen LogP contribution in [0.4, 0.5) is 5.95 Å². The third-order valence-corrected chi connectivity index (χ3v) is 4.02. The molecule has 2 heterocycles. The van der Waals surface area contributed by atoms with Gasteiger partial charge in [-0.1, -0.05) is 12.1 Å². The predicted molar refractivity (Wildman–Crippen MR) is 81.2 cm³/mol. The highest BCUT2D eigenvalue weighted by Gasteiger charge is 2.11. The van der Waals surface area contributed by atoms with Crippen molar-refractivity contribution in [3.63, 3.8) is 0 Å². The van der Waals surface area contributed by atoms with E-state index in [1.54, 1.807) is 18.4 Å². The SMILES string of the molecule is CNc1nc(Oc2ccccc2Br)c2ccsc2n1. The van der Waals surface area contributed by atoms with Crippen LogP contribution < -0.4 is 10.1 Å². The molecule has 0 aliphatic heterocycles. The quantitative estimate of drug-likeness (QED) is 0.775. The van der Waals surface area contributed by atoms with Crippen LogP contribution in [-0.2, 0) is 0 Å². The first kappa shape index (κ1) is 12.4. The van der Waals surface area contributed by atoms with Crippen molar-refractivity contribution in [3.05, 3.63) is 40.2 Å². The lowest BCUT2D eigenvalue weighted by Crippen LogP contribution is -1.98. The van der Waals surface area contributed by atoms with Gasteiger partial charge >= 0.3 is 0 Å². The van der Waals surface area contributed by atoms with Crippen LogP contribution >= 0.6 is 27.3 Å². The van der Waals surface area contributed by atoms with Crippen LogP contribution in [0.5, 0.6) is 11.6 Å². The van der Waals surface area contributed by atoms with Crippen molar-refractivity contribution in [2.24, 2.45) is 0 Å². The van der Waals surface area contributed by atoms with Gasteiger partial charge in [-0.05, 0) is 39.5 Å². The maximum Gasteiger partial charge on any atom is 0.232 e. The van der Waals surface area contributed by atoms with Crippen LogP contribution in [0.1, 0.15) is 0 Å². The van der Waals surface area contributed by atoms with E-state index in [1.807, 2.05) is 35.7 Å². The highest BCUT2D eigenvalue weighted by atomic mass is 79.9. The number of hydrogen-bond donors (Lipinski definition) is 1. The lowest BCUT2D eigenvalue weighted by molar-refractivity contribution is 0.466. The molecule has 0 fully saturated rings. The van der Waals surface area contributed by atoms with Crippen LogP contribution in [0.15, 0.2) is 40.2 Å². The minimum atomic E-state index is 0.553. The zero-order valence-corrected chi connectivity index (χ0v) is 12.5. The number of anilines is 1. The molecule has 0 aliphatic rings. The van der Waals surface area contributed by atoms with E-state index < -0.39 is 0 Å². The number of fused-ring (bicyclic) bond motifs is 1. The molecule has 6 heteroatoms. The van der Waals surface area contributed by atoms with E-state index in [2.05, 4.69) is 31.2 Å². The number of para-hydroxylation sites is 1. The average Bonchev–Trinajstić information content (AvgIpc) is 2.89. The summed E-state index contributed by atoms with van der Waals surface area (Å²) in [7, 11) is 1.79. The standard InChI is InChI=1S/C13H10BrN3OS/c1-15-13-16-11(8-6-7-19-12(8)17-13)18-10-5-3-2-4-9(10)14/h2-7H,1H3,(H,15,16,17). The van der Waals surface area contributed by atoms with Crippen molar-refractivity contribution in [2.45, 2.75) is 0 Å². The summed E-state index contributed by atoms with van der Waals surface area (Å²) in [5.41, 5.74) is 0. The minimum absolute atomic E-state index is 0.553. The summed E-state index contributed by atoms with van der Waals surface area (Å²) in [6, 6.07) is 9.65. The number of nitrogens with one attached hydrogen (secondary N) is 1. The Morgan fingerprint density at radius 2 is 2.05 bits per heavy atom. The summed E-state index contributed by atoms with van der Waals surface area (Å²) in [6.07, 6.45) is 0. The molecular formula is C13H10BrN3OS. The van der Waals surface area contributed by atoms with Crippen molar-refractivity contribution in [2.75, 3.05) is 12.4 Å². The van der Waals surface area contributed by atoms with E-state index in [1.165, 1.54) is 0 Å². The van der Waals surface area contributed by atoms with Gasteiger partial charge in [0.25, 0.3) is 0 Å². The van der Waals surface area contributed by atoms with Crippen molar-refractivity contribution >= 4 is 43.4 Å². The Hall–Kier alpha value is -1.66. The zero-order valence-electron chi connectivity index (χ0n) is 10.1. The summed E-state index contributed by atoms with van der Waals surface area (Å²) in [4.78, 5) is 9.66. The van der Waals surface area contributed by atoms with Crippen molar-refractivity contribution < 1.29 is 4.74 Å². The molecule has 0 saturated heterocycles. The van der Waals surface area contributed by atoms with Crippen LogP contribution in [-0.4, -0.2) is 17.0 Å². The largest absolute Gasteiger partial charge is 0.437 e. The number of halogens is 1. The van der Waals surface area contributed by atoms with Crippen LogP contribution in [0.25, 0.3) is 10.2 Å². The van der Waals surface area contributed by atoms with Gasteiger partial charge in [-0.25, -0.2) is 4.98 Å². The predicted octanol–water partition coefficient (Wildman–Crippen LogP) is 4.29. The van der Waals surface area contributed by atoms with E-state index in [-0.39, 0.29) is 0 Å². The third-order valence-electron chi connectivity index (χ3n) is 2.56. The molecule has 0 saturated carbocycles. The van der Waals surface area contributed by atoms with E-state index in [0.717, 1.165) is 20.4 Å². The molecule has 0 bridgehead atoms. The normalized spacial score (nSPS) is 10.6. The lowest BCUT2D eigenvalue weighted by atomic mass is 10.3. The maximum atomic E-state index is 5.89. The molecule has 19 heavy (non-hydrogen) atoms. The minimum Gasteiger partial charge on any atom is -0.437 e. The summed E-state index contributed by atoms with van der Waals surface area (Å²) in [5.74, 6) is 1.84. The Bertz CT molecular complexity index is 729. The van der Waals surface area contributed by atoms with Crippen molar-refractivity contribution in [1.29, 1.82) is 0 Å². The van der Waals surface area contributed by atoms with Crippen LogP contribution in [0.3, 0.4) is 0 Å². The lowest BCUT2D eigenvalue weighted by Gasteiger charge is -2.08. The summed E-state index contributed by atoms with van der Waals surface area (Å²) < 4.78 is 6.78. The van der Waals surface area contributed by atoms with Crippen molar-refractivity contribution in [1.82, 2.24) is 9.97 Å². The van der Waals surface area contributed by atoms with Gasteiger partial charge in [0.2, 0.25) is 11.8 Å². The highest BCUT2D eigenvalue weighted by molar-refractivity contribution is 9.10. The number of ether oxygens (including phenoxy) is 1. The van der Waals surface area contributed by atoms with Gasteiger partial charge in [-0.15, -0.1) is 11.3 Å². The van der Waals surface area contributed by atoms with Gasteiger partial charge in [0.1, 0.15) is 10.6 Å². The molecule has 0 aliphatic carbocycles. The van der Waals surface area contributed by atoms with Gasteiger partial charge in [0.15, 0.2) is 0 Å². The number of nitrogens with zero attached hydrogens (tertiary/aromatic N) is 2. The monoisotopic (exact) mass is 335 g/mol. The summed E-state index contributed by atoms with van der Waals surface area (Å²) in [5, 5.41) is 5.84. The van der Waals surface area contributed by atoms with E-state index >= 15 is 0 Å². The molecule has 4 nitrogen and oxygen atoms in total. The van der Waals surface area contributed by atoms with Crippen LogP contribution in [0.2, 0.25) is 0 Å². The smallest absolute Gasteiger partial charge is 0.232 e. The molecule has 96 valence electrons. The molecule has 3 rings (SSSR count). The second kappa shape index (κ2) is 5.14. The molecule has 1 N–H and O–H groups in total. The van der Waals surface area contributed by atoms with E-state index in [0.29, 0.717) is 11.8 Å². The molecule has 1 aromatic carbocycles. The van der Waals surface area contributed by atoms with Crippen LogP contribution in [0, 0.1) is 0 Å². The Morgan fingerprint density at radius 1 is 1.21 bits per heavy atom. The molecule has 0 radical (unpaired) electrons. The number of thiophene rings is 1. The van der Waals surface area contributed by atoms with Gasteiger partial charge < -0.3 is 10.1 Å². The molecule has 0 spiro atoms. The molecule has 0 amide bonds. The number of hydrogen-bond acceptors (Lipinski definition) is 5. The molecular weight excluding hydrogens is 326 g/mol. The molecule has 2 aromatic heterocycles. The Labute approximate surface area is 122 Å². The second-order valence-corrected chi connectivity index (χ2v) is 5.52. The van der Waals surface area contributed by atoms with Gasteiger partial charge in [0.05, 0.1) is 9.86 Å². The van der Waals surface area contributed by atoms with Crippen molar-refractivity contribution in [3.8, 4) is 11.6 Å². The Morgan fingerprint density at radius 3 is 2.84 bits per heavy atom. The fourth-order valence-corrected chi connectivity index (χ4v) is 2.77. The number of benzene rings is 1. The average molecular weight is 336 g/mol. The molecule has 0 atom stereocenters. The fourth-order valence-electron chi connectivity index (χ4n) is 1.65. The molecule has 0 unspecified atom stereocenters. The van der Waals surface area contributed by atoms with Gasteiger partial charge in [-0.2, -0.15) is 4.98 Å². The summed E-state index contributed by atoms with van der Waals surface area (Å²) >= 11 is 5.03. The first-order chi connectivity index (χ1) is 9.28. The van der Waals surface area contributed by atoms with E-state index in [4.69, 9.17) is 4.74 Å². The van der Waals surface area contributed by atoms with Gasteiger partial charge in [-0.3, -0.25) is 0 Å². The van der Waals surface area contributed by atoms with E-state index in [9.17, 15) is 0 Å². The highest BCUT2D eigenvalue weighted by Crippen LogP contribution is 2.34. The van der Waals surface area contributed by atoms with Gasteiger partial charge in [0, 0.05) is 7.05 Å². The second-order valence-electron chi connectivity index (χ2n) is 3.77. The number of rotatable bonds is 3. The third kappa shape index (κ3) is 2.41.